The summed E-state index contributed by atoms with van der Waals surface area (Å²) in [5.74, 6) is 1.16. The molecule has 1 fully saturated rings. The van der Waals surface area contributed by atoms with Crippen LogP contribution in [0.1, 0.15) is 19.4 Å². The first-order valence-electron chi connectivity index (χ1n) is 8.74. The molecule has 2 aromatic rings. The Hall–Kier alpha value is -2.25. The molecular formula is C21H21BrN2O3S. The van der Waals surface area contributed by atoms with Crippen LogP contribution >= 0.6 is 27.7 Å². The predicted octanol–water partition coefficient (Wildman–Crippen LogP) is 5.48. The molecule has 1 aliphatic rings. The molecule has 146 valence electrons. The van der Waals surface area contributed by atoms with Crippen molar-refractivity contribution in [2.45, 2.75) is 20.0 Å². The van der Waals surface area contributed by atoms with E-state index < -0.39 is 0 Å². The maximum Gasteiger partial charge on any atom is 0.266 e. The number of methoxy groups -OCH3 is 1. The van der Waals surface area contributed by atoms with Crippen molar-refractivity contribution < 1.29 is 14.3 Å². The smallest absolute Gasteiger partial charge is 0.266 e. The average Bonchev–Trinajstić information content (AvgIpc) is 2.92. The van der Waals surface area contributed by atoms with Gasteiger partial charge in [-0.05, 0) is 62.0 Å². The number of hydrogen-bond acceptors (Lipinski definition) is 5. The molecule has 28 heavy (non-hydrogen) atoms. The lowest BCUT2D eigenvalue weighted by Gasteiger charge is -2.16. The number of carbonyl (C=O) groups excluding carboxylic acids is 1. The van der Waals surface area contributed by atoms with Crippen molar-refractivity contribution in [1.29, 1.82) is 0 Å². The highest BCUT2D eigenvalue weighted by Gasteiger charge is 2.30. The minimum absolute atomic E-state index is 0.0161. The number of aliphatic imine (C=N–C) groups is 1. The molecule has 3 rings (SSSR count). The SMILES string of the molecule is COc1cccc(/C=C2\SC(=Nc3ccc(Br)cc3)N(C)C2=O)c1OC(C)C. The normalized spacial score (nSPS) is 17.1. The minimum atomic E-state index is -0.0980. The van der Waals surface area contributed by atoms with Gasteiger partial charge in [0.2, 0.25) is 0 Å². The molecule has 0 atom stereocenters. The summed E-state index contributed by atoms with van der Waals surface area (Å²) >= 11 is 4.75. The van der Waals surface area contributed by atoms with Crippen molar-refractivity contribution in [1.82, 2.24) is 4.90 Å². The number of amides is 1. The summed E-state index contributed by atoms with van der Waals surface area (Å²) < 4.78 is 12.3. The van der Waals surface area contributed by atoms with Crippen molar-refractivity contribution in [3.8, 4) is 11.5 Å². The van der Waals surface area contributed by atoms with E-state index in [1.54, 1.807) is 19.1 Å². The van der Waals surface area contributed by atoms with Gasteiger partial charge in [0.15, 0.2) is 16.7 Å². The molecule has 1 amide bonds. The van der Waals surface area contributed by atoms with E-state index >= 15 is 0 Å². The molecule has 0 unspecified atom stereocenters. The van der Waals surface area contributed by atoms with Crippen LogP contribution in [-0.4, -0.2) is 36.2 Å². The van der Waals surface area contributed by atoms with Crippen LogP contribution in [0, 0.1) is 0 Å². The maximum absolute atomic E-state index is 12.7. The van der Waals surface area contributed by atoms with E-state index in [1.165, 1.54) is 11.8 Å². The molecule has 1 aliphatic heterocycles. The number of halogens is 1. The number of para-hydroxylation sites is 1. The Morgan fingerprint density at radius 1 is 1.18 bits per heavy atom. The lowest BCUT2D eigenvalue weighted by molar-refractivity contribution is -0.121. The number of rotatable bonds is 5. The van der Waals surface area contributed by atoms with E-state index in [1.807, 2.05) is 62.4 Å². The van der Waals surface area contributed by atoms with Crippen LogP contribution in [0.2, 0.25) is 0 Å². The third kappa shape index (κ3) is 4.59. The number of thioether (sulfide) groups is 1. The van der Waals surface area contributed by atoms with Crippen molar-refractivity contribution >= 4 is 50.5 Å². The summed E-state index contributed by atoms with van der Waals surface area (Å²) in [5.41, 5.74) is 1.58. The second-order valence-corrected chi connectivity index (χ2v) is 8.32. The van der Waals surface area contributed by atoms with Crippen LogP contribution in [0.15, 0.2) is 56.8 Å². The zero-order chi connectivity index (χ0) is 20.3. The van der Waals surface area contributed by atoms with Crippen LogP contribution in [0.25, 0.3) is 6.08 Å². The van der Waals surface area contributed by atoms with Crippen LogP contribution < -0.4 is 9.47 Å². The third-order valence-electron chi connectivity index (χ3n) is 3.92. The highest BCUT2D eigenvalue weighted by atomic mass is 79.9. The molecular weight excluding hydrogens is 440 g/mol. The molecule has 0 aromatic heterocycles. The molecule has 0 aliphatic carbocycles. The van der Waals surface area contributed by atoms with Gasteiger partial charge >= 0.3 is 0 Å². The predicted molar refractivity (Wildman–Crippen MR) is 118 cm³/mol. The molecule has 0 spiro atoms. The monoisotopic (exact) mass is 460 g/mol. The Morgan fingerprint density at radius 2 is 1.89 bits per heavy atom. The zero-order valence-corrected chi connectivity index (χ0v) is 18.5. The van der Waals surface area contributed by atoms with Crippen LogP contribution in [0.5, 0.6) is 11.5 Å². The summed E-state index contributed by atoms with van der Waals surface area (Å²) in [5, 5.41) is 0.632. The minimum Gasteiger partial charge on any atom is -0.493 e. The van der Waals surface area contributed by atoms with Crippen molar-refractivity contribution in [3.63, 3.8) is 0 Å². The number of carbonyl (C=O) groups is 1. The first-order valence-corrected chi connectivity index (χ1v) is 10.4. The number of nitrogens with zero attached hydrogens (tertiary/aromatic N) is 2. The van der Waals surface area contributed by atoms with E-state index in [0.717, 1.165) is 15.7 Å². The zero-order valence-electron chi connectivity index (χ0n) is 16.1. The van der Waals surface area contributed by atoms with Gasteiger partial charge in [-0.3, -0.25) is 9.69 Å². The summed E-state index contributed by atoms with van der Waals surface area (Å²) in [6, 6.07) is 13.3. The number of likely N-dealkylation sites (N-methyl/N-ethyl adjacent to an activating group) is 1. The summed E-state index contributed by atoms with van der Waals surface area (Å²) in [4.78, 5) is 19.5. The Bertz CT molecular complexity index is 939. The largest absolute Gasteiger partial charge is 0.493 e. The first-order chi connectivity index (χ1) is 13.4. The summed E-state index contributed by atoms with van der Waals surface area (Å²) in [6.45, 7) is 3.91. The lowest BCUT2D eigenvalue weighted by Crippen LogP contribution is -2.23. The maximum atomic E-state index is 12.7. The second-order valence-electron chi connectivity index (χ2n) is 6.39. The Kier molecular flexibility index (Phi) is 6.46. The van der Waals surface area contributed by atoms with E-state index in [2.05, 4.69) is 20.9 Å². The van der Waals surface area contributed by atoms with Gasteiger partial charge in [0, 0.05) is 17.1 Å². The van der Waals surface area contributed by atoms with Gasteiger partial charge in [0.05, 0.1) is 23.8 Å². The average molecular weight is 461 g/mol. The topological polar surface area (TPSA) is 51.1 Å². The van der Waals surface area contributed by atoms with Crippen LogP contribution in [-0.2, 0) is 4.79 Å². The van der Waals surface area contributed by atoms with Crippen LogP contribution in [0.3, 0.4) is 0 Å². The van der Waals surface area contributed by atoms with Gasteiger partial charge in [0.25, 0.3) is 5.91 Å². The molecule has 0 N–H and O–H groups in total. The molecule has 5 nitrogen and oxygen atoms in total. The number of benzene rings is 2. The van der Waals surface area contributed by atoms with Gasteiger partial charge in [-0.2, -0.15) is 0 Å². The van der Waals surface area contributed by atoms with Crippen LogP contribution in [0.4, 0.5) is 5.69 Å². The Balaban J connectivity index is 1.95. The summed E-state index contributed by atoms with van der Waals surface area (Å²) in [7, 11) is 3.33. The Labute approximate surface area is 177 Å². The fourth-order valence-corrected chi connectivity index (χ4v) is 3.83. The van der Waals surface area contributed by atoms with Crippen molar-refractivity contribution in [2.75, 3.05) is 14.2 Å². The number of hydrogen-bond donors (Lipinski definition) is 0. The fourth-order valence-electron chi connectivity index (χ4n) is 2.59. The van der Waals surface area contributed by atoms with Crippen molar-refractivity contribution in [3.05, 3.63) is 57.4 Å². The van der Waals surface area contributed by atoms with E-state index in [-0.39, 0.29) is 12.0 Å². The molecule has 0 saturated carbocycles. The third-order valence-corrected chi connectivity index (χ3v) is 5.51. The number of ether oxygens (including phenoxy) is 2. The molecule has 0 bridgehead atoms. The quantitative estimate of drug-likeness (QED) is 0.554. The highest BCUT2D eigenvalue weighted by molar-refractivity contribution is 9.10. The molecule has 0 radical (unpaired) electrons. The van der Waals surface area contributed by atoms with Gasteiger partial charge in [-0.25, -0.2) is 4.99 Å². The molecule has 1 heterocycles. The highest BCUT2D eigenvalue weighted by Crippen LogP contribution is 2.38. The van der Waals surface area contributed by atoms with E-state index in [4.69, 9.17) is 9.47 Å². The van der Waals surface area contributed by atoms with E-state index in [9.17, 15) is 4.79 Å². The lowest BCUT2D eigenvalue weighted by atomic mass is 10.1. The molecule has 1 saturated heterocycles. The first kappa shape index (κ1) is 20.5. The number of amidine groups is 1. The molecule has 2 aromatic carbocycles. The fraction of sp³-hybridized carbons (Fsp3) is 0.238. The van der Waals surface area contributed by atoms with Gasteiger partial charge < -0.3 is 9.47 Å². The summed E-state index contributed by atoms with van der Waals surface area (Å²) in [6.07, 6.45) is 1.81. The van der Waals surface area contributed by atoms with E-state index in [0.29, 0.717) is 21.6 Å². The molecule has 7 heteroatoms. The second kappa shape index (κ2) is 8.84. The van der Waals surface area contributed by atoms with Gasteiger partial charge in [0.1, 0.15) is 0 Å². The standard InChI is InChI=1S/C21H21BrN2O3S/c1-13(2)27-19-14(6-5-7-17(19)26-4)12-18-20(25)24(3)21(28-18)23-16-10-8-15(22)9-11-16/h5-13H,1-4H3/b18-12-,23-21?. The van der Waals surface area contributed by atoms with Gasteiger partial charge in [-0.15, -0.1) is 0 Å². The van der Waals surface area contributed by atoms with Gasteiger partial charge in [-0.1, -0.05) is 28.1 Å². The Morgan fingerprint density at radius 3 is 2.54 bits per heavy atom. The van der Waals surface area contributed by atoms with Crippen molar-refractivity contribution in [2.24, 2.45) is 4.99 Å².